The van der Waals surface area contributed by atoms with Crippen molar-refractivity contribution in [3.8, 4) is 0 Å². The minimum Gasteiger partial charge on any atom is -0.315 e. The van der Waals surface area contributed by atoms with Gasteiger partial charge in [0.1, 0.15) is 0 Å². The molecular formula is C15H33N3. The van der Waals surface area contributed by atoms with Gasteiger partial charge >= 0.3 is 0 Å². The Kier molecular flexibility index (Phi) is 7.20. The number of nitrogens with zero attached hydrogens (tertiary/aromatic N) is 2. The molecule has 2 unspecified atom stereocenters. The number of likely N-dealkylation sites (N-methyl/N-ethyl adjacent to an activating group) is 2. The van der Waals surface area contributed by atoms with Gasteiger partial charge in [0.05, 0.1) is 0 Å². The molecule has 1 aliphatic heterocycles. The number of rotatable bonds is 8. The molecule has 108 valence electrons. The van der Waals surface area contributed by atoms with Gasteiger partial charge in [-0.1, -0.05) is 13.8 Å². The van der Waals surface area contributed by atoms with Crippen LogP contribution in [0.4, 0.5) is 0 Å². The van der Waals surface area contributed by atoms with E-state index >= 15 is 0 Å². The van der Waals surface area contributed by atoms with Crippen LogP contribution in [0.15, 0.2) is 0 Å². The van der Waals surface area contributed by atoms with Crippen molar-refractivity contribution in [2.75, 3.05) is 40.3 Å². The van der Waals surface area contributed by atoms with Crippen molar-refractivity contribution in [2.24, 2.45) is 5.92 Å². The minimum atomic E-state index is 0.631. The lowest BCUT2D eigenvalue weighted by molar-refractivity contribution is 0.182. The molecule has 0 spiro atoms. The summed E-state index contributed by atoms with van der Waals surface area (Å²) in [4.78, 5) is 5.02. The van der Waals surface area contributed by atoms with Crippen LogP contribution in [0.5, 0.6) is 0 Å². The lowest BCUT2D eigenvalue weighted by Gasteiger charge is -2.30. The van der Waals surface area contributed by atoms with E-state index in [1.165, 1.54) is 32.4 Å². The molecule has 0 aromatic rings. The fourth-order valence-electron chi connectivity index (χ4n) is 2.58. The zero-order valence-corrected chi connectivity index (χ0v) is 13.1. The van der Waals surface area contributed by atoms with E-state index in [-0.39, 0.29) is 0 Å². The molecule has 0 amide bonds. The Hall–Kier alpha value is -0.120. The normalized spacial score (nSPS) is 23.2. The highest BCUT2D eigenvalue weighted by atomic mass is 15.2. The number of hydrogen-bond donors (Lipinski definition) is 1. The van der Waals surface area contributed by atoms with E-state index in [2.05, 4.69) is 50.0 Å². The monoisotopic (exact) mass is 255 g/mol. The average molecular weight is 255 g/mol. The second-order valence-electron chi connectivity index (χ2n) is 6.45. The van der Waals surface area contributed by atoms with E-state index in [0.717, 1.165) is 25.0 Å². The summed E-state index contributed by atoms with van der Waals surface area (Å²) in [5.41, 5.74) is 0. The summed E-state index contributed by atoms with van der Waals surface area (Å²) in [6, 6.07) is 1.40. The number of likely N-dealkylation sites (tertiary alicyclic amines) is 1. The SMILES string of the molecule is CC(C)CCNCC(C)N(C)CC1CCCN1C. The van der Waals surface area contributed by atoms with Gasteiger partial charge in [0, 0.05) is 25.2 Å². The summed E-state index contributed by atoms with van der Waals surface area (Å²) in [6.07, 6.45) is 4.02. The Labute approximate surface area is 114 Å². The maximum atomic E-state index is 3.58. The topological polar surface area (TPSA) is 18.5 Å². The van der Waals surface area contributed by atoms with Crippen LogP contribution in [0.2, 0.25) is 0 Å². The first-order valence-corrected chi connectivity index (χ1v) is 7.62. The quantitative estimate of drug-likeness (QED) is 0.670. The third kappa shape index (κ3) is 5.68. The lowest BCUT2D eigenvalue weighted by atomic mass is 10.1. The van der Waals surface area contributed by atoms with Gasteiger partial charge in [-0.15, -0.1) is 0 Å². The third-order valence-corrected chi connectivity index (χ3v) is 4.26. The molecule has 1 N–H and O–H groups in total. The minimum absolute atomic E-state index is 0.631. The van der Waals surface area contributed by atoms with Gasteiger partial charge < -0.3 is 15.1 Å². The van der Waals surface area contributed by atoms with Crippen LogP contribution in [-0.4, -0.2) is 62.2 Å². The summed E-state index contributed by atoms with van der Waals surface area (Å²) in [5, 5.41) is 3.58. The molecule has 0 aliphatic carbocycles. The zero-order valence-electron chi connectivity index (χ0n) is 13.1. The summed E-state index contributed by atoms with van der Waals surface area (Å²) in [6.45, 7) is 11.7. The molecule has 0 radical (unpaired) electrons. The molecule has 1 saturated heterocycles. The Morgan fingerprint density at radius 3 is 2.61 bits per heavy atom. The molecule has 3 nitrogen and oxygen atoms in total. The van der Waals surface area contributed by atoms with Crippen LogP contribution in [0.25, 0.3) is 0 Å². The first-order chi connectivity index (χ1) is 8.50. The van der Waals surface area contributed by atoms with Crippen LogP contribution in [0, 0.1) is 5.92 Å². The predicted octanol–water partition coefficient (Wildman–Crippen LogP) is 2.04. The van der Waals surface area contributed by atoms with Crippen molar-refractivity contribution in [2.45, 2.75) is 52.1 Å². The second-order valence-corrected chi connectivity index (χ2v) is 6.45. The molecule has 1 heterocycles. The first kappa shape index (κ1) is 15.9. The third-order valence-electron chi connectivity index (χ3n) is 4.26. The summed E-state index contributed by atoms with van der Waals surface area (Å²) in [5.74, 6) is 0.803. The molecule has 18 heavy (non-hydrogen) atoms. The van der Waals surface area contributed by atoms with Gasteiger partial charge in [-0.3, -0.25) is 0 Å². The molecule has 1 aliphatic rings. The summed E-state index contributed by atoms with van der Waals surface area (Å²) in [7, 11) is 4.53. The molecule has 0 aromatic heterocycles. The van der Waals surface area contributed by atoms with Crippen molar-refractivity contribution in [3.63, 3.8) is 0 Å². The fraction of sp³-hybridized carbons (Fsp3) is 1.00. The van der Waals surface area contributed by atoms with Crippen LogP contribution in [-0.2, 0) is 0 Å². The molecule has 1 fully saturated rings. The van der Waals surface area contributed by atoms with E-state index in [0.29, 0.717) is 6.04 Å². The number of nitrogens with one attached hydrogen (secondary N) is 1. The van der Waals surface area contributed by atoms with Crippen molar-refractivity contribution < 1.29 is 0 Å². The van der Waals surface area contributed by atoms with Crippen LogP contribution in [0.1, 0.15) is 40.0 Å². The van der Waals surface area contributed by atoms with Crippen molar-refractivity contribution >= 4 is 0 Å². The Balaban J connectivity index is 2.14. The van der Waals surface area contributed by atoms with Crippen LogP contribution < -0.4 is 5.32 Å². The van der Waals surface area contributed by atoms with Gasteiger partial charge in [-0.2, -0.15) is 0 Å². The van der Waals surface area contributed by atoms with E-state index in [4.69, 9.17) is 0 Å². The zero-order chi connectivity index (χ0) is 13.5. The highest BCUT2D eigenvalue weighted by molar-refractivity contribution is 4.80. The van der Waals surface area contributed by atoms with Crippen LogP contribution in [0.3, 0.4) is 0 Å². The summed E-state index contributed by atoms with van der Waals surface area (Å²) < 4.78 is 0. The highest BCUT2D eigenvalue weighted by Gasteiger charge is 2.23. The molecule has 2 atom stereocenters. The highest BCUT2D eigenvalue weighted by Crippen LogP contribution is 2.16. The predicted molar refractivity (Wildman–Crippen MR) is 80.1 cm³/mol. The smallest absolute Gasteiger partial charge is 0.0220 e. The second kappa shape index (κ2) is 8.13. The molecule has 0 saturated carbocycles. The van der Waals surface area contributed by atoms with Gasteiger partial charge in [-0.25, -0.2) is 0 Å². The molecule has 1 rings (SSSR count). The van der Waals surface area contributed by atoms with E-state index in [9.17, 15) is 0 Å². The Morgan fingerprint density at radius 1 is 1.33 bits per heavy atom. The maximum Gasteiger partial charge on any atom is 0.0220 e. The van der Waals surface area contributed by atoms with E-state index < -0.39 is 0 Å². The van der Waals surface area contributed by atoms with Gasteiger partial charge in [-0.05, 0) is 59.3 Å². The number of hydrogen-bond acceptors (Lipinski definition) is 3. The van der Waals surface area contributed by atoms with Crippen molar-refractivity contribution in [1.82, 2.24) is 15.1 Å². The molecule has 3 heteroatoms. The standard InChI is InChI=1S/C15H33N3/c1-13(2)8-9-16-11-14(3)18(5)12-15-7-6-10-17(15)4/h13-16H,6-12H2,1-5H3. The Bertz CT molecular complexity index is 218. The van der Waals surface area contributed by atoms with Crippen molar-refractivity contribution in [3.05, 3.63) is 0 Å². The van der Waals surface area contributed by atoms with Gasteiger partial charge in [0.25, 0.3) is 0 Å². The average Bonchev–Trinajstić information content (AvgIpc) is 2.70. The fourth-order valence-corrected chi connectivity index (χ4v) is 2.58. The Morgan fingerprint density at radius 2 is 2.06 bits per heavy atom. The largest absolute Gasteiger partial charge is 0.315 e. The first-order valence-electron chi connectivity index (χ1n) is 7.62. The molecule has 0 bridgehead atoms. The molecular weight excluding hydrogens is 222 g/mol. The lowest BCUT2D eigenvalue weighted by Crippen LogP contribution is -2.44. The maximum absolute atomic E-state index is 3.58. The van der Waals surface area contributed by atoms with E-state index in [1.807, 2.05) is 0 Å². The van der Waals surface area contributed by atoms with Gasteiger partial charge in [0.15, 0.2) is 0 Å². The van der Waals surface area contributed by atoms with Crippen LogP contribution >= 0.6 is 0 Å². The van der Waals surface area contributed by atoms with E-state index in [1.54, 1.807) is 0 Å². The summed E-state index contributed by atoms with van der Waals surface area (Å²) >= 11 is 0. The van der Waals surface area contributed by atoms with Gasteiger partial charge in [0.2, 0.25) is 0 Å². The molecule has 0 aromatic carbocycles. The van der Waals surface area contributed by atoms with Crippen molar-refractivity contribution in [1.29, 1.82) is 0 Å².